The second-order valence-corrected chi connectivity index (χ2v) is 4.55. The van der Waals surface area contributed by atoms with Crippen molar-refractivity contribution < 1.29 is 24.2 Å². The maximum atomic E-state index is 11.8. The lowest BCUT2D eigenvalue weighted by molar-refractivity contribution is -0.147. The molecule has 0 saturated carbocycles. The van der Waals surface area contributed by atoms with E-state index in [1.807, 2.05) is 6.92 Å². The molecule has 1 unspecified atom stereocenters. The Morgan fingerprint density at radius 2 is 2.00 bits per heavy atom. The maximum absolute atomic E-state index is 11.8. The Balaban J connectivity index is 2.91. The third kappa shape index (κ3) is 5.33. The van der Waals surface area contributed by atoms with E-state index >= 15 is 0 Å². The van der Waals surface area contributed by atoms with Crippen LogP contribution in [0, 0.1) is 12.3 Å². The fourth-order valence-corrected chi connectivity index (χ4v) is 1.49. The van der Waals surface area contributed by atoms with Gasteiger partial charge in [-0.25, -0.2) is 9.59 Å². The minimum atomic E-state index is -1.33. The Kier molecular flexibility index (Phi) is 6.71. The van der Waals surface area contributed by atoms with E-state index in [0.29, 0.717) is 17.7 Å². The lowest BCUT2D eigenvalue weighted by Crippen LogP contribution is -2.20. The number of benzene rings is 1. The van der Waals surface area contributed by atoms with Crippen LogP contribution in [0.1, 0.15) is 25.8 Å². The Morgan fingerprint density at radius 3 is 2.50 bits per heavy atom. The van der Waals surface area contributed by atoms with E-state index < -0.39 is 17.5 Å². The largest absolute Gasteiger partial charge is 0.481 e. The molecule has 0 aliphatic carbocycles. The quantitative estimate of drug-likeness (QED) is 0.275. The number of aliphatic carboxylic acids is 1. The Hall–Kier alpha value is -2.74. The second kappa shape index (κ2) is 8.53. The van der Waals surface area contributed by atoms with Gasteiger partial charge in [-0.2, -0.15) is 0 Å². The highest BCUT2D eigenvalue weighted by Gasteiger charge is 2.20. The van der Waals surface area contributed by atoms with Crippen LogP contribution in [0.15, 0.2) is 29.8 Å². The van der Waals surface area contributed by atoms with Crippen LogP contribution in [0.25, 0.3) is 6.08 Å². The number of carboxylic acids is 1. The second-order valence-electron chi connectivity index (χ2n) is 4.55. The summed E-state index contributed by atoms with van der Waals surface area (Å²) in [5, 5.41) is 9.15. The van der Waals surface area contributed by atoms with E-state index in [1.165, 1.54) is 6.08 Å². The molecule has 0 heterocycles. The molecule has 0 bridgehead atoms. The highest BCUT2D eigenvalue weighted by Crippen LogP contribution is 2.16. The summed E-state index contributed by atoms with van der Waals surface area (Å²) < 4.78 is 10.2. The first-order valence-electron chi connectivity index (χ1n) is 6.80. The van der Waals surface area contributed by atoms with Crippen LogP contribution < -0.4 is 4.74 Å². The molecule has 1 aromatic rings. The minimum absolute atomic E-state index is 0.150. The van der Waals surface area contributed by atoms with E-state index in [0.717, 1.165) is 0 Å². The zero-order valence-electron chi connectivity index (χ0n) is 12.5. The molecule has 5 heteroatoms. The van der Waals surface area contributed by atoms with Crippen LogP contribution >= 0.6 is 0 Å². The average molecular weight is 302 g/mol. The Bertz CT molecular complexity index is 592. The molecule has 0 spiro atoms. The molecule has 0 radical (unpaired) electrons. The summed E-state index contributed by atoms with van der Waals surface area (Å²) in [6.07, 6.45) is 6.62. The molecular weight excluding hydrogens is 284 g/mol. The van der Waals surface area contributed by atoms with Gasteiger partial charge in [0.05, 0.1) is 6.10 Å². The predicted octanol–water partition coefficient (Wildman–Crippen LogP) is 2.51. The Morgan fingerprint density at radius 1 is 1.36 bits per heavy atom. The third-order valence-electron chi connectivity index (χ3n) is 2.85. The van der Waals surface area contributed by atoms with Crippen LogP contribution in [0.4, 0.5) is 0 Å². The van der Waals surface area contributed by atoms with E-state index in [-0.39, 0.29) is 12.7 Å². The lowest BCUT2D eigenvalue weighted by Gasteiger charge is -2.11. The van der Waals surface area contributed by atoms with Gasteiger partial charge in [0.25, 0.3) is 0 Å². The van der Waals surface area contributed by atoms with Crippen molar-refractivity contribution in [2.24, 2.45) is 0 Å². The fraction of sp³-hybridized carbons (Fsp3) is 0.294. The number of hydrogen-bond donors (Lipinski definition) is 1. The van der Waals surface area contributed by atoms with E-state index in [1.54, 1.807) is 31.2 Å². The van der Waals surface area contributed by atoms with Gasteiger partial charge in [-0.3, -0.25) is 0 Å². The molecule has 22 heavy (non-hydrogen) atoms. The van der Waals surface area contributed by atoms with E-state index in [4.69, 9.17) is 21.0 Å². The number of carboxylic acid groups (broad SMARTS) is 1. The van der Waals surface area contributed by atoms with E-state index in [9.17, 15) is 9.59 Å². The molecule has 1 N–H and O–H groups in total. The van der Waals surface area contributed by atoms with Gasteiger partial charge >= 0.3 is 11.9 Å². The first-order chi connectivity index (χ1) is 10.5. The summed E-state index contributed by atoms with van der Waals surface area (Å²) in [6.45, 7) is 3.70. The molecule has 5 nitrogen and oxygen atoms in total. The Labute approximate surface area is 129 Å². The van der Waals surface area contributed by atoms with Crippen molar-refractivity contribution >= 4 is 18.0 Å². The van der Waals surface area contributed by atoms with Crippen molar-refractivity contribution in [3.63, 3.8) is 0 Å². The van der Waals surface area contributed by atoms with Gasteiger partial charge in [-0.1, -0.05) is 25.0 Å². The highest BCUT2D eigenvalue weighted by molar-refractivity contribution is 6.17. The minimum Gasteiger partial charge on any atom is -0.481 e. The van der Waals surface area contributed by atoms with Crippen molar-refractivity contribution in [3.8, 4) is 18.1 Å². The third-order valence-corrected chi connectivity index (χ3v) is 2.85. The SMILES string of the molecule is C#CCOc1ccc(C=C(C(=O)O)C(=O)OC(C)CC)cc1. The summed E-state index contributed by atoms with van der Waals surface area (Å²) in [4.78, 5) is 23.1. The molecule has 0 aromatic heterocycles. The zero-order valence-corrected chi connectivity index (χ0v) is 12.5. The molecule has 0 aliphatic heterocycles. The summed E-state index contributed by atoms with van der Waals surface area (Å²) in [5.41, 5.74) is 0.129. The molecule has 1 aromatic carbocycles. The molecule has 0 aliphatic rings. The van der Waals surface area contributed by atoms with Gasteiger partial charge in [-0.05, 0) is 37.1 Å². The van der Waals surface area contributed by atoms with Gasteiger partial charge in [0.1, 0.15) is 17.9 Å². The number of carbonyl (C=O) groups is 2. The number of ether oxygens (including phenoxy) is 2. The van der Waals surface area contributed by atoms with Crippen LogP contribution in [-0.4, -0.2) is 29.8 Å². The van der Waals surface area contributed by atoms with E-state index in [2.05, 4.69) is 5.92 Å². The van der Waals surface area contributed by atoms with Crippen LogP contribution in [-0.2, 0) is 14.3 Å². The van der Waals surface area contributed by atoms with Gasteiger partial charge in [0.2, 0.25) is 0 Å². The van der Waals surface area contributed by atoms with Gasteiger partial charge in [-0.15, -0.1) is 6.42 Å². The smallest absolute Gasteiger partial charge is 0.345 e. The number of terminal acetylenes is 1. The fourth-order valence-electron chi connectivity index (χ4n) is 1.49. The summed E-state index contributed by atoms with van der Waals surface area (Å²) in [7, 11) is 0. The van der Waals surface area contributed by atoms with Gasteiger partial charge in [0.15, 0.2) is 0 Å². The normalized spacial score (nSPS) is 12.1. The number of rotatable bonds is 7. The number of carbonyl (C=O) groups excluding carboxylic acids is 1. The van der Waals surface area contributed by atoms with Gasteiger partial charge < -0.3 is 14.6 Å². The van der Waals surface area contributed by atoms with Crippen molar-refractivity contribution in [1.29, 1.82) is 0 Å². The van der Waals surface area contributed by atoms with Crippen LogP contribution in [0.3, 0.4) is 0 Å². The van der Waals surface area contributed by atoms with Crippen LogP contribution in [0.2, 0.25) is 0 Å². The molecular formula is C17H18O5. The first kappa shape index (κ1) is 17.3. The average Bonchev–Trinajstić information content (AvgIpc) is 2.51. The van der Waals surface area contributed by atoms with Crippen molar-refractivity contribution in [2.75, 3.05) is 6.61 Å². The van der Waals surface area contributed by atoms with Crippen molar-refractivity contribution in [1.82, 2.24) is 0 Å². The first-order valence-corrected chi connectivity index (χ1v) is 6.80. The summed E-state index contributed by atoms with van der Waals surface area (Å²) in [6, 6.07) is 6.54. The molecule has 116 valence electrons. The predicted molar refractivity (Wildman–Crippen MR) is 82.2 cm³/mol. The molecule has 1 atom stereocenters. The standard InChI is InChI=1S/C17H18O5/c1-4-10-21-14-8-6-13(7-9-14)11-15(16(18)19)17(20)22-12(3)5-2/h1,6-9,11-12H,5,10H2,2-3H3,(H,18,19). The van der Waals surface area contributed by atoms with Gasteiger partial charge in [0, 0.05) is 0 Å². The van der Waals surface area contributed by atoms with Crippen molar-refractivity contribution in [3.05, 3.63) is 35.4 Å². The highest BCUT2D eigenvalue weighted by atomic mass is 16.5. The lowest BCUT2D eigenvalue weighted by atomic mass is 10.1. The van der Waals surface area contributed by atoms with Crippen LogP contribution in [0.5, 0.6) is 5.75 Å². The van der Waals surface area contributed by atoms with Crippen molar-refractivity contribution in [2.45, 2.75) is 26.4 Å². The number of hydrogen-bond acceptors (Lipinski definition) is 4. The topological polar surface area (TPSA) is 72.8 Å². The number of esters is 1. The molecule has 0 saturated heterocycles. The molecule has 1 rings (SSSR count). The summed E-state index contributed by atoms with van der Waals surface area (Å²) in [5.74, 6) is 0.723. The zero-order chi connectivity index (χ0) is 16.5. The maximum Gasteiger partial charge on any atom is 0.345 e. The monoisotopic (exact) mass is 302 g/mol. The summed E-state index contributed by atoms with van der Waals surface area (Å²) >= 11 is 0. The molecule has 0 amide bonds. The molecule has 0 fully saturated rings.